The number of nitrogens with one attached hydrogen (secondary N) is 2. The first-order valence-electron chi connectivity index (χ1n) is 7.35. The summed E-state index contributed by atoms with van der Waals surface area (Å²) in [6.45, 7) is 1.95. The predicted molar refractivity (Wildman–Crippen MR) is 71.6 cm³/mol. The second kappa shape index (κ2) is 4.84. The Morgan fingerprint density at radius 1 is 1.35 bits per heavy atom. The second-order valence-corrected chi connectivity index (χ2v) is 6.26. The Kier molecular flexibility index (Phi) is 3.28. The summed E-state index contributed by atoms with van der Waals surface area (Å²) in [6.07, 6.45) is 3.78. The van der Waals surface area contributed by atoms with Crippen molar-refractivity contribution in [2.24, 2.45) is 11.3 Å². The van der Waals surface area contributed by atoms with Gasteiger partial charge in [-0.2, -0.15) is 0 Å². The Bertz CT molecular complexity index is 457. The lowest BCUT2D eigenvalue weighted by molar-refractivity contribution is -0.149. The fourth-order valence-corrected chi connectivity index (χ4v) is 3.52. The van der Waals surface area contributed by atoms with E-state index in [1.807, 2.05) is 0 Å². The van der Waals surface area contributed by atoms with Crippen molar-refractivity contribution in [2.45, 2.75) is 38.1 Å². The van der Waals surface area contributed by atoms with Crippen LogP contribution in [-0.4, -0.2) is 48.8 Å². The molecule has 2 heterocycles. The van der Waals surface area contributed by atoms with Crippen LogP contribution in [0.4, 0.5) is 0 Å². The van der Waals surface area contributed by atoms with Crippen LogP contribution in [0.2, 0.25) is 0 Å². The van der Waals surface area contributed by atoms with Gasteiger partial charge in [0, 0.05) is 19.4 Å². The van der Waals surface area contributed by atoms with E-state index in [9.17, 15) is 14.4 Å². The summed E-state index contributed by atoms with van der Waals surface area (Å²) < 4.78 is 0. The van der Waals surface area contributed by atoms with Gasteiger partial charge in [-0.05, 0) is 44.2 Å². The van der Waals surface area contributed by atoms with Gasteiger partial charge in [-0.1, -0.05) is 0 Å². The van der Waals surface area contributed by atoms with E-state index in [4.69, 9.17) is 0 Å². The highest BCUT2D eigenvalue weighted by Gasteiger charge is 2.58. The molecule has 3 aliphatic rings. The molecule has 2 N–H and O–H groups in total. The highest BCUT2D eigenvalue weighted by atomic mass is 16.2. The van der Waals surface area contributed by atoms with Crippen molar-refractivity contribution < 1.29 is 14.4 Å². The number of piperidine rings is 2. The zero-order valence-corrected chi connectivity index (χ0v) is 11.8. The SMILES string of the molecule is CN1C(=O)CCC(NC(=O)C2CC23CCNCC3)C1=O. The van der Waals surface area contributed by atoms with Crippen LogP contribution >= 0.6 is 0 Å². The Labute approximate surface area is 118 Å². The molecule has 20 heavy (non-hydrogen) atoms. The number of rotatable bonds is 2. The molecule has 2 aliphatic heterocycles. The predicted octanol–water partition coefficient (Wildman–Crippen LogP) is -0.360. The van der Waals surface area contributed by atoms with Crippen LogP contribution in [0, 0.1) is 11.3 Å². The van der Waals surface area contributed by atoms with Gasteiger partial charge in [0.05, 0.1) is 0 Å². The first kappa shape index (κ1) is 13.5. The van der Waals surface area contributed by atoms with Gasteiger partial charge in [0.25, 0.3) is 5.91 Å². The summed E-state index contributed by atoms with van der Waals surface area (Å²) >= 11 is 0. The van der Waals surface area contributed by atoms with Crippen LogP contribution in [0.15, 0.2) is 0 Å². The molecule has 6 heteroatoms. The molecular formula is C14H21N3O3. The highest BCUT2D eigenvalue weighted by molar-refractivity contribution is 6.01. The van der Waals surface area contributed by atoms with Crippen LogP contribution < -0.4 is 10.6 Å². The maximum atomic E-state index is 12.3. The Morgan fingerprint density at radius 2 is 2.05 bits per heavy atom. The average Bonchev–Trinajstić information content (AvgIpc) is 3.14. The number of likely N-dealkylation sites (N-methyl/N-ethyl adjacent to an activating group) is 1. The van der Waals surface area contributed by atoms with Crippen LogP contribution in [-0.2, 0) is 14.4 Å². The van der Waals surface area contributed by atoms with E-state index in [0.717, 1.165) is 37.3 Å². The summed E-state index contributed by atoms with van der Waals surface area (Å²) in [4.78, 5) is 36.8. The topological polar surface area (TPSA) is 78.5 Å². The van der Waals surface area contributed by atoms with Crippen molar-refractivity contribution in [3.63, 3.8) is 0 Å². The first-order chi connectivity index (χ1) is 9.53. The number of likely N-dealkylation sites (tertiary alicyclic amines) is 1. The Hall–Kier alpha value is -1.43. The molecule has 6 nitrogen and oxygen atoms in total. The van der Waals surface area contributed by atoms with Gasteiger partial charge in [-0.15, -0.1) is 0 Å². The lowest BCUT2D eigenvalue weighted by atomic mass is 9.91. The fourth-order valence-electron chi connectivity index (χ4n) is 3.52. The van der Waals surface area contributed by atoms with Gasteiger partial charge >= 0.3 is 0 Å². The number of nitrogens with zero attached hydrogens (tertiary/aromatic N) is 1. The first-order valence-corrected chi connectivity index (χ1v) is 7.35. The molecular weight excluding hydrogens is 258 g/mol. The molecule has 0 aromatic carbocycles. The largest absolute Gasteiger partial charge is 0.344 e. The minimum absolute atomic E-state index is 0.00648. The monoisotopic (exact) mass is 279 g/mol. The van der Waals surface area contributed by atoms with Crippen molar-refractivity contribution in [1.29, 1.82) is 0 Å². The molecule has 3 fully saturated rings. The van der Waals surface area contributed by atoms with Crippen molar-refractivity contribution in [3.8, 4) is 0 Å². The van der Waals surface area contributed by atoms with E-state index in [1.165, 1.54) is 7.05 Å². The van der Waals surface area contributed by atoms with Crippen LogP contribution in [0.5, 0.6) is 0 Å². The van der Waals surface area contributed by atoms with Crippen LogP contribution in [0.1, 0.15) is 32.1 Å². The number of imide groups is 1. The fraction of sp³-hybridized carbons (Fsp3) is 0.786. The normalized spacial score (nSPS) is 32.4. The molecule has 0 bridgehead atoms. The Morgan fingerprint density at radius 3 is 2.75 bits per heavy atom. The van der Waals surface area contributed by atoms with Gasteiger partial charge in [-0.3, -0.25) is 19.3 Å². The van der Waals surface area contributed by atoms with Gasteiger partial charge in [0.2, 0.25) is 11.8 Å². The number of carbonyl (C=O) groups is 3. The van der Waals surface area contributed by atoms with Crippen molar-refractivity contribution in [3.05, 3.63) is 0 Å². The smallest absolute Gasteiger partial charge is 0.251 e. The van der Waals surface area contributed by atoms with Gasteiger partial charge in [-0.25, -0.2) is 0 Å². The lowest BCUT2D eigenvalue weighted by Crippen LogP contribution is -2.53. The summed E-state index contributed by atoms with van der Waals surface area (Å²) in [6, 6.07) is -0.524. The maximum absolute atomic E-state index is 12.3. The molecule has 3 rings (SSSR count). The molecule has 1 spiro atoms. The average molecular weight is 279 g/mol. The van der Waals surface area contributed by atoms with E-state index in [-0.39, 0.29) is 29.1 Å². The third-order valence-electron chi connectivity index (χ3n) is 5.07. The summed E-state index contributed by atoms with van der Waals surface area (Å²) in [5, 5.41) is 6.16. The molecule has 0 aromatic heterocycles. The third kappa shape index (κ3) is 2.22. The molecule has 1 saturated carbocycles. The molecule has 2 atom stereocenters. The lowest BCUT2D eigenvalue weighted by Gasteiger charge is -2.29. The molecule has 2 saturated heterocycles. The molecule has 0 radical (unpaired) electrons. The molecule has 2 unspecified atom stereocenters. The van der Waals surface area contributed by atoms with E-state index in [1.54, 1.807) is 0 Å². The Balaban J connectivity index is 1.57. The minimum Gasteiger partial charge on any atom is -0.344 e. The van der Waals surface area contributed by atoms with Gasteiger partial charge in [0.15, 0.2) is 0 Å². The van der Waals surface area contributed by atoms with Crippen molar-refractivity contribution in [1.82, 2.24) is 15.5 Å². The zero-order chi connectivity index (χ0) is 14.3. The van der Waals surface area contributed by atoms with Gasteiger partial charge < -0.3 is 10.6 Å². The van der Waals surface area contributed by atoms with E-state index in [2.05, 4.69) is 10.6 Å². The number of hydrogen-bond acceptors (Lipinski definition) is 4. The molecule has 1 aliphatic carbocycles. The highest BCUT2D eigenvalue weighted by Crippen LogP contribution is 2.58. The molecule has 3 amide bonds. The van der Waals surface area contributed by atoms with Crippen molar-refractivity contribution >= 4 is 17.7 Å². The van der Waals surface area contributed by atoms with Crippen LogP contribution in [0.25, 0.3) is 0 Å². The summed E-state index contributed by atoms with van der Waals surface area (Å²) in [7, 11) is 1.48. The summed E-state index contributed by atoms with van der Waals surface area (Å²) in [5.41, 5.74) is 0.175. The molecule has 110 valence electrons. The molecule has 0 aromatic rings. The third-order valence-corrected chi connectivity index (χ3v) is 5.07. The van der Waals surface area contributed by atoms with Gasteiger partial charge in [0.1, 0.15) is 6.04 Å². The van der Waals surface area contributed by atoms with E-state index in [0.29, 0.717) is 12.8 Å². The van der Waals surface area contributed by atoms with Crippen LogP contribution in [0.3, 0.4) is 0 Å². The number of hydrogen-bond donors (Lipinski definition) is 2. The zero-order valence-electron chi connectivity index (χ0n) is 11.8. The second-order valence-electron chi connectivity index (χ2n) is 6.26. The van der Waals surface area contributed by atoms with Crippen molar-refractivity contribution in [2.75, 3.05) is 20.1 Å². The standard InChI is InChI=1S/C14H21N3O3/c1-17-11(18)3-2-10(13(17)20)16-12(19)9-8-14(9)4-6-15-7-5-14/h9-10,15H,2-8H2,1H3,(H,16,19). The minimum atomic E-state index is -0.524. The number of carbonyl (C=O) groups excluding carboxylic acids is 3. The number of amides is 3. The van der Waals surface area contributed by atoms with E-state index < -0.39 is 6.04 Å². The van der Waals surface area contributed by atoms with E-state index >= 15 is 0 Å². The quantitative estimate of drug-likeness (QED) is 0.677. The maximum Gasteiger partial charge on any atom is 0.251 e. The summed E-state index contributed by atoms with van der Waals surface area (Å²) in [5.74, 6) is -0.398.